The summed E-state index contributed by atoms with van der Waals surface area (Å²) in [4.78, 5) is 0. The van der Waals surface area contributed by atoms with Crippen LogP contribution < -0.4 is 0 Å². The van der Waals surface area contributed by atoms with Crippen molar-refractivity contribution in [3.05, 3.63) is 198 Å². The van der Waals surface area contributed by atoms with E-state index in [2.05, 4.69) is 97.2 Å². The van der Waals surface area contributed by atoms with Gasteiger partial charge in [-0.25, -0.2) is 0 Å². The van der Waals surface area contributed by atoms with Crippen LogP contribution in [0.4, 0.5) is 0 Å². The van der Waals surface area contributed by atoms with Crippen LogP contribution in [0.25, 0.3) is 0 Å². The summed E-state index contributed by atoms with van der Waals surface area (Å²) in [5, 5.41) is 0. The van der Waals surface area contributed by atoms with Gasteiger partial charge in [0, 0.05) is 35.5 Å². The molecule has 0 aromatic rings. The summed E-state index contributed by atoms with van der Waals surface area (Å²) in [7, 11) is 0. The van der Waals surface area contributed by atoms with E-state index < -0.39 is 0 Å². The fraction of sp³-hybridized carbons (Fsp3) is 0.190. The molecule has 194 valence electrons. The van der Waals surface area contributed by atoms with Crippen LogP contribution in [-0.2, 0) is 0 Å². The first kappa shape index (κ1) is 20.5. The molecule has 13 aliphatic carbocycles. The Bertz CT molecular complexity index is 2060. The van der Waals surface area contributed by atoms with Gasteiger partial charge in [0.25, 0.3) is 0 Å². The number of hydrogen-bond donors (Lipinski definition) is 0. The third-order valence-corrected chi connectivity index (χ3v) is 12.9. The Labute approximate surface area is 245 Å². The molecule has 0 saturated carbocycles. The zero-order chi connectivity index (χ0) is 26.6. The van der Waals surface area contributed by atoms with E-state index in [0.29, 0.717) is 35.5 Å². The highest BCUT2D eigenvalue weighted by molar-refractivity contribution is 5.86. The summed E-state index contributed by atoms with van der Waals surface area (Å²) in [5.74, 6) is 2.46. The molecule has 0 spiro atoms. The third kappa shape index (κ3) is 1.85. The first-order valence-electron chi connectivity index (χ1n) is 15.9. The first-order valence-corrected chi connectivity index (χ1v) is 15.9. The van der Waals surface area contributed by atoms with Crippen molar-refractivity contribution < 1.29 is 0 Å². The quantitative estimate of drug-likeness (QED) is 0.294. The lowest BCUT2D eigenvalue weighted by Gasteiger charge is -2.62. The lowest BCUT2D eigenvalue weighted by molar-refractivity contribution is 0.404. The van der Waals surface area contributed by atoms with Crippen LogP contribution in [0.3, 0.4) is 0 Å². The maximum Gasteiger partial charge on any atom is 0.0349 e. The average Bonchev–Trinajstić information content (AvgIpc) is 3.06. The molecule has 0 fully saturated rings. The van der Waals surface area contributed by atoms with E-state index in [1.165, 1.54) is 11.1 Å². The van der Waals surface area contributed by atoms with Gasteiger partial charge in [-0.3, -0.25) is 0 Å². The van der Waals surface area contributed by atoms with Gasteiger partial charge < -0.3 is 0 Å². The number of fused-ring (bicyclic) bond motifs is 3. The minimum Gasteiger partial charge on any atom is -0.0795 e. The molecule has 0 amide bonds. The molecule has 0 aromatic carbocycles. The predicted octanol–water partition coefficient (Wildman–Crippen LogP) is 8.76. The molecule has 0 bridgehead atoms. The van der Waals surface area contributed by atoms with E-state index in [1.54, 1.807) is 89.2 Å². The monoisotopic (exact) mass is 530 g/mol. The summed E-state index contributed by atoms with van der Waals surface area (Å²) in [5.41, 5.74) is 29.3. The van der Waals surface area contributed by atoms with Crippen LogP contribution in [0.1, 0.15) is 12.8 Å². The van der Waals surface area contributed by atoms with Gasteiger partial charge in [0.15, 0.2) is 0 Å². The van der Waals surface area contributed by atoms with Crippen molar-refractivity contribution in [2.24, 2.45) is 35.5 Å². The van der Waals surface area contributed by atoms with Crippen LogP contribution in [0, 0.1) is 35.5 Å². The smallest absolute Gasteiger partial charge is 0.0349 e. The van der Waals surface area contributed by atoms with Gasteiger partial charge >= 0.3 is 0 Å². The van der Waals surface area contributed by atoms with Crippen molar-refractivity contribution in [3.63, 3.8) is 0 Å². The fourth-order valence-corrected chi connectivity index (χ4v) is 11.9. The van der Waals surface area contributed by atoms with E-state index in [0.717, 1.165) is 12.8 Å². The number of allylic oxidation sites excluding steroid dienone is 34. The minimum absolute atomic E-state index is 0.365. The summed E-state index contributed by atoms with van der Waals surface area (Å²) < 4.78 is 0. The summed E-state index contributed by atoms with van der Waals surface area (Å²) in [6, 6.07) is 0. The zero-order valence-electron chi connectivity index (χ0n) is 23.1. The maximum atomic E-state index is 2.50. The molecule has 42 heavy (non-hydrogen) atoms. The van der Waals surface area contributed by atoms with Crippen molar-refractivity contribution in [1.29, 1.82) is 0 Å². The largest absolute Gasteiger partial charge is 0.0795 e. The molecule has 0 nitrogen and oxygen atoms in total. The maximum absolute atomic E-state index is 2.50. The Hall–Kier alpha value is -4.42. The van der Waals surface area contributed by atoms with Crippen molar-refractivity contribution >= 4 is 0 Å². The van der Waals surface area contributed by atoms with E-state index in [4.69, 9.17) is 0 Å². The van der Waals surface area contributed by atoms with Gasteiger partial charge in [0.2, 0.25) is 0 Å². The molecule has 0 radical (unpaired) electrons. The number of rotatable bonds is 0. The lowest BCUT2D eigenvalue weighted by atomic mass is 9.41. The van der Waals surface area contributed by atoms with Gasteiger partial charge in [0.1, 0.15) is 0 Å². The topological polar surface area (TPSA) is 0 Å². The molecule has 0 saturated heterocycles. The molecule has 13 rings (SSSR count). The Kier molecular flexibility index (Phi) is 3.08. The first-order chi connectivity index (χ1) is 20.9. The van der Waals surface area contributed by atoms with Crippen LogP contribution in [0.2, 0.25) is 0 Å². The highest BCUT2D eigenvalue weighted by Gasteiger charge is 2.62. The highest BCUT2D eigenvalue weighted by Crippen LogP contribution is 2.74. The minimum atomic E-state index is 0.365. The standard InChI is InChI=1S/C42H26/c1-7-19-21-9-2-11-23-25-13-4-15-27-29-17-6-18-30-28-16-5-14-26-24-12-3-10-22-20(8-1)31(19)37-38(32(21)23)40(34(25)27)42(36(29)30)41(35(26)28)39(37)33(22)24/h1-13,15-16,18,31-34,41-42H,14,17H2. The third-order valence-electron chi connectivity index (χ3n) is 12.9. The van der Waals surface area contributed by atoms with Gasteiger partial charge in [0.05, 0.1) is 0 Å². The van der Waals surface area contributed by atoms with Crippen molar-refractivity contribution in [1.82, 2.24) is 0 Å². The molecule has 6 atom stereocenters. The summed E-state index contributed by atoms with van der Waals surface area (Å²) in [6.07, 6.45) is 41.3. The van der Waals surface area contributed by atoms with Gasteiger partial charge in [-0.1, -0.05) is 97.2 Å². The second kappa shape index (κ2) is 6.32. The molecular formula is C42H26. The average molecular weight is 531 g/mol. The van der Waals surface area contributed by atoms with E-state index in [-0.39, 0.29) is 0 Å². The molecule has 0 heteroatoms. The second-order valence-corrected chi connectivity index (χ2v) is 14.0. The van der Waals surface area contributed by atoms with Crippen LogP contribution >= 0.6 is 0 Å². The normalized spacial score (nSPS) is 38.1. The Morgan fingerprint density at radius 3 is 1.26 bits per heavy atom. The summed E-state index contributed by atoms with van der Waals surface area (Å²) >= 11 is 0. The Balaban J connectivity index is 1.31. The zero-order valence-corrected chi connectivity index (χ0v) is 23.1. The predicted molar refractivity (Wildman–Crippen MR) is 167 cm³/mol. The van der Waals surface area contributed by atoms with E-state index in [1.807, 2.05) is 0 Å². The molecule has 6 unspecified atom stereocenters. The molecule has 0 aromatic heterocycles. The second-order valence-electron chi connectivity index (χ2n) is 14.0. The van der Waals surface area contributed by atoms with Crippen LogP contribution in [0.5, 0.6) is 0 Å². The lowest BCUT2D eigenvalue weighted by Crippen LogP contribution is -2.51. The highest BCUT2D eigenvalue weighted by atomic mass is 14.6. The molecule has 0 aliphatic heterocycles. The van der Waals surface area contributed by atoms with Gasteiger partial charge in [-0.15, -0.1) is 0 Å². The van der Waals surface area contributed by atoms with Crippen molar-refractivity contribution in [2.45, 2.75) is 12.8 Å². The fourth-order valence-electron chi connectivity index (χ4n) is 11.9. The molecule has 0 N–H and O–H groups in total. The van der Waals surface area contributed by atoms with Crippen molar-refractivity contribution in [2.75, 3.05) is 0 Å². The van der Waals surface area contributed by atoms with E-state index in [9.17, 15) is 0 Å². The van der Waals surface area contributed by atoms with E-state index >= 15 is 0 Å². The Morgan fingerprint density at radius 2 is 0.810 bits per heavy atom. The van der Waals surface area contributed by atoms with Crippen LogP contribution in [0.15, 0.2) is 198 Å². The van der Waals surface area contributed by atoms with Crippen LogP contribution in [-0.4, -0.2) is 0 Å². The molecular weight excluding hydrogens is 504 g/mol. The number of hydrogen-bond acceptors (Lipinski definition) is 0. The molecule has 13 aliphatic rings. The Morgan fingerprint density at radius 1 is 0.405 bits per heavy atom. The summed E-state index contributed by atoms with van der Waals surface area (Å²) in [6.45, 7) is 0. The van der Waals surface area contributed by atoms with Gasteiger partial charge in [-0.2, -0.15) is 0 Å². The van der Waals surface area contributed by atoms with Gasteiger partial charge in [-0.05, 0) is 113 Å². The van der Waals surface area contributed by atoms with Crippen molar-refractivity contribution in [3.8, 4) is 0 Å². The SMILES string of the molecule is C1=CC2=C3CC=CC4=C3C3C5=C6C7=C8C9C(=CC=CC9=C9CC=CC4=C9C83)C3=CC=CC(=C4C=CC=C(C(=C1)C25)C46)C37. The molecule has 0 heterocycles.